The van der Waals surface area contributed by atoms with Crippen molar-refractivity contribution in [3.8, 4) is 69.2 Å². The van der Waals surface area contributed by atoms with Crippen molar-refractivity contribution in [2.75, 3.05) is 81.8 Å². The fourth-order valence-corrected chi connectivity index (χ4v) is 17.4. The van der Waals surface area contributed by atoms with Gasteiger partial charge in [0.15, 0.2) is 0 Å². The highest BCUT2D eigenvalue weighted by molar-refractivity contribution is 9.10. The van der Waals surface area contributed by atoms with Crippen molar-refractivity contribution in [2.45, 2.75) is 101 Å². The molecule has 0 spiro atoms. The maximum atomic E-state index is 9.81. The molecule has 22 rings (SSSR count). The zero-order chi connectivity index (χ0) is 76.2. The molecule has 0 amide bonds. The van der Waals surface area contributed by atoms with Gasteiger partial charge in [-0.1, -0.05) is 30.3 Å². The number of ether oxygens (including phenoxy) is 3. The molecule has 9 saturated heterocycles. The van der Waals surface area contributed by atoms with Gasteiger partial charge >= 0.3 is 7.12 Å². The van der Waals surface area contributed by atoms with Gasteiger partial charge in [-0.15, -0.1) is 0 Å². The third-order valence-corrected chi connectivity index (χ3v) is 23.1. The molecular formula is C82H80BBrN22O5. The number of nitrogens with one attached hydrogen (secondary N) is 1. The average Bonchev–Trinajstić information content (AvgIpc) is 1.48. The summed E-state index contributed by atoms with van der Waals surface area (Å²) < 4.78 is 21.5. The summed E-state index contributed by atoms with van der Waals surface area (Å²) in [5.74, 6) is 4.81. The van der Waals surface area contributed by atoms with E-state index in [0.29, 0.717) is 81.7 Å². The third-order valence-electron chi connectivity index (χ3n) is 22.7. The van der Waals surface area contributed by atoms with Gasteiger partial charge in [-0.25, -0.2) is 43.5 Å². The maximum Gasteiger partial charge on any atom is 0.490 e. The number of aromatic nitrogens is 12. The highest BCUT2D eigenvalue weighted by Gasteiger charge is 2.47. The Bertz CT molecular complexity index is 5570. The molecule has 6 atom stereocenters. The highest BCUT2D eigenvalue weighted by Crippen LogP contribution is 2.42. The van der Waals surface area contributed by atoms with E-state index < -0.39 is 7.12 Å². The van der Waals surface area contributed by atoms with Crippen molar-refractivity contribution in [1.82, 2.24) is 78.8 Å². The fraction of sp³-hybridized carbons (Fsp3) is 0.317. The standard InChI is InChI=1S/C32H34N8O.C25H24BN7O3.C25H22BrN7O/c1-32(2)12-22(8-9-36-32)24-10-28(31-25(13-33)16-37-40(31)18-24)23-5-6-29(34-15-23)38-19-26-11-27(20-38)39(26)17-21-4-7-30(41-3)35-14-21;1-36-24-5-2-16(9-29-24)12-32-20-7-21(32)15-31(14-20)23-4-3-17(10-28-23)22-6-19(26(34)35)13-33-25(22)18(8-27)11-30-33;1-34-24-5-2-16(9-29-24)12-32-20-7-21(32)15-31(14-20)23-4-3-17(10-28-23)22-6-19(26)13-33-25(22)18(8-27)11-30-33/h4-8,10,14-16,18,26-27,36H,9,11-12,17,19-20H2,1-3H3;2-6,9-11,13,20-21,34-35H,7,12,14-15H2,1H3;2-6,9-11,13,20-21H,7,12,14-15H2,1H3. The van der Waals surface area contributed by atoms with Gasteiger partial charge in [0.1, 0.15) is 35.7 Å². The number of nitrogens with zero attached hydrogens (tertiary/aromatic N) is 21. The van der Waals surface area contributed by atoms with Gasteiger partial charge in [-0.05, 0) is 132 Å². The zero-order valence-corrected chi connectivity index (χ0v) is 63.6. The van der Waals surface area contributed by atoms with Gasteiger partial charge in [0, 0.05) is 225 Å². The van der Waals surface area contributed by atoms with Crippen LogP contribution in [0.25, 0.3) is 55.5 Å². The van der Waals surface area contributed by atoms with Crippen LogP contribution in [0.2, 0.25) is 0 Å². The van der Waals surface area contributed by atoms with Crippen LogP contribution in [0.3, 0.4) is 0 Å². The lowest BCUT2D eigenvalue weighted by atomic mass is 9.80. The van der Waals surface area contributed by atoms with Gasteiger partial charge in [-0.3, -0.25) is 14.7 Å². The molecule has 29 heteroatoms. The number of nitriles is 3. The van der Waals surface area contributed by atoms with Crippen molar-refractivity contribution in [1.29, 1.82) is 15.8 Å². The Morgan fingerprint density at radius 2 is 0.847 bits per heavy atom. The van der Waals surface area contributed by atoms with Gasteiger partial charge in [0.25, 0.3) is 0 Å². The van der Waals surface area contributed by atoms with Gasteiger partial charge < -0.3 is 44.3 Å². The van der Waals surface area contributed by atoms with E-state index in [4.69, 9.17) is 29.2 Å². The topological polar surface area (TPSA) is 300 Å². The van der Waals surface area contributed by atoms with Crippen LogP contribution in [-0.2, 0) is 19.6 Å². The zero-order valence-electron chi connectivity index (χ0n) is 62.0. The number of rotatable bonds is 17. The molecule has 22 heterocycles. The number of piperazine rings is 3. The summed E-state index contributed by atoms with van der Waals surface area (Å²) in [5, 5.41) is 64.8. The first kappa shape index (κ1) is 72.2. The molecule has 0 saturated carbocycles. The highest BCUT2D eigenvalue weighted by atomic mass is 79.9. The molecule has 12 aromatic rings. The van der Waals surface area contributed by atoms with Crippen LogP contribution in [0, 0.1) is 34.0 Å². The van der Waals surface area contributed by atoms with E-state index in [1.54, 1.807) is 50.5 Å². The number of methoxy groups -OCH3 is 3. The molecule has 558 valence electrons. The first-order chi connectivity index (χ1) is 54.1. The summed E-state index contributed by atoms with van der Waals surface area (Å²) in [7, 11) is 3.25. The van der Waals surface area contributed by atoms with E-state index in [2.05, 4.69) is 168 Å². The number of fused-ring (bicyclic) bond motifs is 9. The average molecular weight is 1540 g/mol. The summed E-state index contributed by atoms with van der Waals surface area (Å²) in [6.07, 6.45) is 28.3. The van der Waals surface area contributed by atoms with Gasteiger partial charge in [-0.2, -0.15) is 31.1 Å². The second kappa shape index (κ2) is 30.3. The Morgan fingerprint density at radius 3 is 1.19 bits per heavy atom. The van der Waals surface area contributed by atoms with Crippen molar-refractivity contribution >= 4 is 68.1 Å². The predicted molar refractivity (Wildman–Crippen MR) is 424 cm³/mol. The van der Waals surface area contributed by atoms with E-state index in [9.17, 15) is 25.8 Å². The van der Waals surface area contributed by atoms with Crippen molar-refractivity contribution in [2.24, 2.45) is 0 Å². The van der Waals surface area contributed by atoms with Crippen molar-refractivity contribution < 1.29 is 24.3 Å². The van der Waals surface area contributed by atoms with Crippen LogP contribution >= 0.6 is 15.9 Å². The number of hydrogen-bond acceptors (Lipinski definition) is 24. The minimum absolute atomic E-state index is 0.0284. The second-order valence-electron chi connectivity index (χ2n) is 30.0. The first-order valence-electron chi connectivity index (χ1n) is 37.2. The molecule has 3 N–H and O–H groups in total. The van der Waals surface area contributed by atoms with E-state index >= 15 is 0 Å². The van der Waals surface area contributed by atoms with Crippen LogP contribution < -0.4 is 39.7 Å². The largest absolute Gasteiger partial charge is 0.490 e. The van der Waals surface area contributed by atoms with E-state index in [1.807, 2.05) is 84.3 Å². The molecule has 10 aliphatic rings. The number of piperidine rings is 3. The minimum atomic E-state index is -1.65. The van der Waals surface area contributed by atoms with Crippen LogP contribution in [-0.4, -0.2) is 200 Å². The van der Waals surface area contributed by atoms with Crippen molar-refractivity contribution in [3.05, 3.63) is 215 Å². The quantitative estimate of drug-likeness (QED) is 0.0716. The fourth-order valence-electron chi connectivity index (χ4n) is 17.0. The normalized spacial score (nSPS) is 20.2. The summed E-state index contributed by atoms with van der Waals surface area (Å²) in [6.45, 7) is 13.7. The molecule has 6 unspecified atom stereocenters. The first-order valence-corrected chi connectivity index (χ1v) is 37.9. The van der Waals surface area contributed by atoms with Crippen LogP contribution in [0.1, 0.15) is 78.5 Å². The van der Waals surface area contributed by atoms with Crippen LogP contribution in [0.15, 0.2) is 176 Å². The van der Waals surface area contributed by atoms with E-state index in [0.717, 1.165) is 138 Å². The monoisotopic (exact) mass is 1540 g/mol. The molecule has 6 bridgehead atoms. The number of hydrogen-bond donors (Lipinski definition) is 3. The number of halogens is 1. The minimum Gasteiger partial charge on any atom is -0.481 e. The second-order valence-corrected chi connectivity index (χ2v) is 31.0. The Balaban J connectivity index is 0.000000122. The van der Waals surface area contributed by atoms with E-state index in [-0.39, 0.29) is 11.0 Å². The van der Waals surface area contributed by atoms with E-state index in [1.165, 1.54) is 58.4 Å². The predicted octanol–water partition coefficient (Wildman–Crippen LogP) is 9.00. The third kappa shape index (κ3) is 14.4. The molecule has 0 aliphatic carbocycles. The summed E-state index contributed by atoms with van der Waals surface area (Å²) in [4.78, 5) is 42.2. The Kier molecular flexibility index (Phi) is 19.7. The van der Waals surface area contributed by atoms with Gasteiger partial charge in [0.05, 0.1) is 73.2 Å². The Hall–Kier alpha value is -11.7. The molecule has 27 nitrogen and oxygen atoms in total. The summed E-state index contributed by atoms with van der Waals surface area (Å²) in [5.41, 5.74) is 15.4. The Morgan fingerprint density at radius 1 is 0.468 bits per heavy atom. The lowest BCUT2D eigenvalue weighted by Gasteiger charge is -2.56. The lowest BCUT2D eigenvalue weighted by molar-refractivity contribution is -0.00879. The molecule has 10 aliphatic heterocycles. The lowest BCUT2D eigenvalue weighted by Crippen LogP contribution is -2.68. The molecule has 9 fully saturated rings. The van der Waals surface area contributed by atoms with Gasteiger partial charge in [0.2, 0.25) is 17.6 Å². The molecule has 12 aromatic heterocycles. The number of pyridine rings is 9. The SMILES string of the molecule is COc1ccc(CN2C3CC2CN(c2ccc(-c4cc(B(O)O)cn5ncc(C#N)c45)cn2)C3)cn1.COc1ccc(CN2C3CC2CN(c2ccc(-c4cc(Br)cn5ncc(C#N)c45)cn2)C3)cn1.COc1ccc(CN2C3CC2CN(c2ccc(-c4cc(C5=CCNC(C)(C)C5)cn5ncc(C#N)c45)cn2)C3)cn1. The molecular weight excluding hydrogens is 1460 g/mol. The molecule has 0 radical (unpaired) electrons. The molecule has 0 aromatic carbocycles. The molecule has 111 heavy (non-hydrogen) atoms. The smallest absolute Gasteiger partial charge is 0.481 e. The van der Waals surface area contributed by atoms with Crippen LogP contribution in [0.4, 0.5) is 17.5 Å². The van der Waals surface area contributed by atoms with Crippen LogP contribution in [0.5, 0.6) is 17.6 Å². The van der Waals surface area contributed by atoms with Crippen molar-refractivity contribution in [3.63, 3.8) is 0 Å². The number of anilines is 3. The Labute approximate surface area is 650 Å². The summed E-state index contributed by atoms with van der Waals surface area (Å²) >= 11 is 3.55. The maximum absolute atomic E-state index is 9.81. The summed E-state index contributed by atoms with van der Waals surface area (Å²) in [6, 6.07) is 40.0.